The fourth-order valence-electron chi connectivity index (χ4n) is 0.472. The van der Waals surface area contributed by atoms with Crippen molar-refractivity contribution in [2.75, 3.05) is 6.61 Å². The summed E-state index contributed by atoms with van der Waals surface area (Å²) in [6.07, 6.45) is 5.49. The minimum absolute atomic E-state index is 0.0704. The second-order valence-electron chi connectivity index (χ2n) is 2.17. The number of hydrogen-bond acceptors (Lipinski definition) is 3. The molecule has 0 saturated carbocycles. The summed E-state index contributed by atoms with van der Waals surface area (Å²) in [6, 6.07) is 0. The molecule has 0 aromatic rings. The van der Waals surface area contributed by atoms with Crippen molar-refractivity contribution < 1.29 is 14.6 Å². The Morgan fingerprint density at radius 1 is 1.67 bits per heavy atom. The maximum atomic E-state index is 10.7. The molecule has 12 heavy (non-hydrogen) atoms. The van der Waals surface area contributed by atoms with E-state index < -0.39 is 12.1 Å². The van der Waals surface area contributed by atoms with Gasteiger partial charge in [0.15, 0.2) is 0 Å². The zero-order valence-corrected chi connectivity index (χ0v) is 7.06. The molecule has 0 aliphatic heterocycles. The van der Waals surface area contributed by atoms with E-state index in [9.17, 15) is 4.79 Å². The van der Waals surface area contributed by atoms with E-state index in [0.717, 1.165) is 0 Å². The summed E-state index contributed by atoms with van der Waals surface area (Å²) in [5, 5.41) is 8.65. The second-order valence-corrected chi connectivity index (χ2v) is 2.17. The largest absolute Gasteiger partial charge is 0.460 e. The van der Waals surface area contributed by atoms with E-state index in [2.05, 4.69) is 11.7 Å². The van der Waals surface area contributed by atoms with E-state index in [4.69, 9.17) is 5.11 Å². The maximum absolute atomic E-state index is 10.7. The molecule has 0 saturated heterocycles. The number of aliphatic hydroxyl groups is 1. The van der Waals surface area contributed by atoms with Gasteiger partial charge in [0.25, 0.3) is 0 Å². The van der Waals surface area contributed by atoms with Gasteiger partial charge < -0.3 is 9.84 Å². The van der Waals surface area contributed by atoms with Gasteiger partial charge in [-0.3, -0.25) is 0 Å². The molecule has 0 aromatic carbocycles. The maximum Gasteiger partial charge on any atom is 0.330 e. The summed E-state index contributed by atoms with van der Waals surface area (Å²) in [4.78, 5) is 10.7. The summed E-state index contributed by atoms with van der Waals surface area (Å²) in [5.41, 5.74) is 0. The quantitative estimate of drug-likeness (QED) is 0.385. The van der Waals surface area contributed by atoms with Crippen molar-refractivity contribution in [2.24, 2.45) is 0 Å². The van der Waals surface area contributed by atoms with Gasteiger partial charge in [0.1, 0.15) is 6.61 Å². The molecule has 1 N–H and O–H groups in total. The van der Waals surface area contributed by atoms with Crippen LogP contribution in [-0.2, 0) is 9.53 Å². The minimum Gasteiger partial charge on any atom is -0.460 e. The van der Waals surface area contributed by atoms with Crippen molar-refractivity contribution in [3.8, 4) is 0 Å². The monoisotopic (exact) mass is 169 g/mol. The molecule has 1 radical (unpaired) electrons. The smallest absolute Gasteiger partial charge is 0.330 e. The topological polar surface area (TPSA) is 46.5 Å². The fourth-order valence-corrected chi connectivity index (χ4v) is 0.472. The third-order valence-electron chi connectivity index (χ3n) is 0.954. The van der Waals surface area contributed by atoms with Crippen molar-refractivity contribution in [3.05, 3.63) is 31.2 Å². The molecule has 3 heteroatoms. The Bertz CT molecular complexity index is 180. The first kappa shape index (κ1) is 10.9. The molecule has 0 heterocycles. The first-order valence-corrected chi connectivity index (χ1v) is 3.64. The molecule has 1 atom stereocenters. The number of rotatable bonds is 4. The van der Waals surface area contributed by atoms with Gasteiger partial charge in [-0.25, -0.2) is 4.79 Å². The first-order chi connectivity index (χ1) is 5.66. The van der Waals surface area contributed by atoms with E-state index in [-0.39, 0.29) is 6.61 Å². The summed E-state index contributed by atoms with van der Waals surface area (Å²) >= 11 is 0. The molecule has 0 spiro atoms. The van der Waals surface area contributed by atoms with Crippen LogP contribution in [0.15, 0.2) is 24.3 Å². The van der Waals surface area contributed by atoms with E-state index in [1.54, 1.807) is 18.2 Å². The van der Waals surface area contributed by atoms with Crippen LogP contribution in [0.4, 0.5) is 0 Å². The highest BCUT2D eigenvalue weighted by atomic mass is 16.5. The predicted molar refractivity (Wildman–Crippen MR) is 46.3 cm³/mol. The third kappa shape index (κ3) is 7.02. The van der Waals surface area contributed by atoms with Gasteiger partial charge in [-0.15, -0.1) is 0 Å². The molecule has 0 rings (SSSR count). The number of esters is 1. The van der Waals surface area contributed by atoms with Crippen molar-refractivity contribution in [2.45, 2.75) is 13.0 Å². The molecule has 0 fully saturated rings. The average molecular weight is 169 g/mol. The lowest BCUT2D eigenvalue weighted by Gasteiger charge is -2.02. The summed E-state index contributed by atoms with van der Waals surface area (Å²) in [6.45, 7) is 5.02. The van der Waals surface area contributed by atoms with Crippen LogP contribution >= 0.6 is 0 Å². The summed E-state index contributed by atoms with van der Waals surface area (Å²) in [7, 11) is 0. The van der Waals surface area contributed by atoms with Gasteiger partial charge in [0, 0.05) is 6.08 Å². The van der Waals surface area contributed by atoms with Gasteiger partial charge >= 0.3 is 5.97 Å². The van der Waals surface area contributed by atoms with Crippen molar-refractivity contribution in [1.29, 1.82) is 0 Å². The van der Waals surface area contributed by atoms with Crippen LogP contribution in [-0.4, -0.2) is 23.8 Å². The highest BCUT2D eigenvalue weighted by Gasteiger charge is 1.99. The van der Waals surface area contributed by atoms with Gasteiger partial charge in [0.2, 0.25) is 0 Å². The number of carbonyl (C=O) groups is 1. The van der Waals surface area contributed by atoms with Crippen LogP contribution < -0.4 is 0 Å². The van der Waals surface area contributed by atoms with Crippen LogP contribution in [0.5, 0.6) is 0 Å². The zero-order chi connectivity index (χ0) is 9.40. The molecule has 0 bridgehead atoms. The Labute approximate surface area is 72.3 Å². The second kappa shape index (κ2) is 6.61. The molecule has 67 valence electrons. The standard InChI is InChI=1S/C9H13O3/c1-3-4-5-6-9(11)12-7-8(2)10/h3-6,8,10H,2,7H2,1H3/b4-3+,6-5+. The van der Waals surface area contributed by atoms with Crippen LogP contribution in [0.25, 0.3) is 0 Å². The van der Waals surface area contributed by atoms with Gasteiger partial charge in [-0.2, -0.15) is 0 Å². The number of ether oxygens (including phenoxy) is 1. The van der Waals surface area contributed by atoms with Gasteiger partial charge in [-0.1, -0.05) is 18.2 Å². The molecular formula is C9H13O3. The fraction of sp³-hybridized carbons (Fsp3) is 0.333. The number of aliphatic hydroxyl groups excluding tert-OH is 1. The van der Waals surface area contributed by atoms with Crippen LogP contribution in [0.1, 0.15) is 6.92 Å². The van der Waals surface area contributed by atoms with E-state index >= 15 is 0 Å². The van der Waals surface area contributed by atoms with Gasteiger partial charge in [-0.05, 0) is 13.8 Å². The highest BCUT2D eigenvalue weighted by molar-refractivity contribution is 5.82. The van der Waals surface area contributed by atoms with Gasteiger partial charge in [0.05, 0.1) is 6.10 Å². The highest BCUT2D eigenvalue weighted by Crippen LogP contribution is 1.86. The van der Waals surface area contributed by atoms with Crippen molar-refractivity contribution >= 4 is 5.97 Å². The molecule has 1 unspecified atom stereocenters. The van der Waals surface area contributed by atoms with Crippen LogP contribution in [0, 0.1) is 6.92 Å². The first-order valence-electron chi connectivity index (χ1n) is 3.64. The Balaban J connectivity index is 3.59. The molecule has 3 nitrogen and oxygen atoms in total. The third-order valence-corrected chi connectivity index (χ3v) is 0.954. The summed E-state index contributed by atoms with van der Waals surface area (Å²) < 4.78 is 4.58. The Morgan fingerprint density at radius 3 is 2.83 bits per heavy atom. The normalized spacial score (nSPS) is 13.9. The lowest BCUT2D eigenvalue weighted by molar-refractivity contribution is -0.139. The number of allylic oxidation sites excluding steroid dienone is 3. The zero-order valence-electron chi connectivity index (χ0n) is 7.06. The van der Waals surface area contributed by atoms with E-state index in [0.29, 0.717) is 0 Å². The lowest BCUT2D eigenvalue weighted by atomic mass is 10.4. The average Bonchev–Trinajstić information content (AvgIpc) is 2.01. The molecule has 0 amide bonds. The summed E-state index contributed by atoms with van der Waals surface area (Å²) in [5.74, 6) is -0.476. The van der Waals surface area contributed by atoms with Crippen LogP contribution in [0.2, 0.25) is 0 Å². The van der Waals surface area contributed by atoms with E-state index in [1.165, 1.54) is 6.08 Å². The molecule has 0 aliphatic rings. The van der Waals surface area contributed by atoms with E-state index in [1.807, 2.05) is 6.92 Å². The number of carbonyl (C=O) groups excluding carboxylic acids is 1. The van der Waals surface area contributed by atoms with Crippen molar-refractivity contribution in [3.63, 3.8) is 0 Å². The van der Waals surface area contributed by atoms with Crippen molar-refractivity contribution in [1.82, 2.24) is 0 Å². The molecule has 0 aliphatic carbocycles. The molecule has 0 aromatic heterocycles. The minimum atomic E-state index is -0.857. The Hall–Kier alpha value is -1.09. The number of hydrogen-bond donors (Lipinski definition) is 1. The predicted octanol–water partition coefficient (Wildman–Crippen LogP) is 0.857. The van der Waals surface area contributed by atoms with Crippen LogP contribution in [0.3, 0.4) is 0 Å². The Kier molecular flexibility index (Phi) is 6.01. The lowest BCUT2D eigenvalue weighted by Crippen LogP contribution is -2.13. The molecular weight excluding hydrogens is 156 g/mol. The Morgan fingerprint density at radius 2 is 2.33 bits per heavy atom. The SMILES string of the molecule is [CH2]C(O)COC(=O)/C=C/C=C/C.